The van der Waals surface area contributed by atoms with Crippen LogP contribution in [0.25, 0.3) is 10.2 Å². The van der Waals surface area contributed by atoms with E-state index in [1.165, 1.54) is 35.6 Å². The fourth-order valence-corrected chi connectivity index (χ4v) is 5.72. The average molecular weight is 450 g/mol. The maximum atomic E-state index is 13.4. The number of rotatable bonds is 5. The van der Waals surface area contributed by atoms with Gasteiger partial charge in [-0.05, 0) is 30.3 Å². The van der Waals surface area contributed by atoms with Gasteiger partial charge in [-0.15, -0.1) is 0 Å². The van der Waals surface area contributed by atoms with E-state index in [0.29, 0.717) is 26.2 Å². The van der Waals surface area contributed by atoms with Crippen molar-refractivity contribution < 1.29 is 22.7 Å². The lowest BCUT2D eigenvalue weighted by molar-refractivity contribution is 0.0743. The number of sulfone groups is 1. The minimum atomic E-state index is -3.74. The van der Waals surface area contributed by atoms with E-state index >= 15 is 0 Å². The molecule has 1 saturated heterocycles. The maximum absolute atomic E-state index is 13.4. The van der Waals surface area contributed by atoms with Crippen LogP contribution in [0, 0.1) is 5.82 Å². The Balaban J connectivity index is 1.50. The van der Waals surface area contributed by atoms with Gasteiger partial charge in [0.05, 0.1) is 33.0 Å². The van der Waals surface area contributed by atoms with Gasteiger partial charge in [-0.3, -0.25) is 4.79 Å². The van der Waals surface area contributed by atoms with E-state index in [4.69, 9.17) is 5.11 Å². The van der Waals surface area contributed by atoms with Crippen LogP contribution in [-0.4, -0.2) is 67.9 Å². The molecule has 4 rings (SSSR count). The van der Waals surface area contributed by atoms with Crippen LogP contribution in [0.15, 0.2) is 47.4 Å². The Labute approximate surface area is 177 Å². The molecule has 2 aromatic carbocycles. The van der Waals surface area contributed by atoms with E-state index in [1.54, 1.807) is 23.1 Å². The molecule has 0 unspecified atom stereocenters. The van der Waals surface area contributed by atoms with E-state index in [1.807, 2.05) is 4.90 Å². The number of benzene rings is 2. The normalized spacial score (nSPS) is 15.0. The average Bonchev–Trinajstić information content (AvgIpc) is 3.16. The molecule has 2 heterocycles. The first kappa shape index (κ1) is 20.7. The molecule has 1 aliphatic rings. The van der Waals surface area contributed by atoms with Crippen molar-refractivity contribution in [3.05, 3.63) is 53.8 Å². The molecule has 10 heteroatoms. The number of nitrogens with zero attached hydrogens (tertiary/aromatic N) is 3. The van der Waals surface area contributed by atoms with E-state index < -0.39 is 22.2 Å². The zero-order valence-corrected chi connectivity index (χ0v) is 17.6. The molecule has 7 nitrogen and oxygen atoms in total. The summed E-state index contributed by atoms with van der Waals surface area (Å²) in [6.45, 7) is 1.41. The van der Waals surface area contributed by atoms with E-state index in [2.05, 4.69) is 4.98 Å². The van der Waals surface area contributed by atoms with Crippen LogP contribution in [0.3, 0.4) is 0 Å². The molecule has 0 spiro atoms. The van der Waals surface area contributed by atoms with Crippen molar-refractivity contribution in [2.75, 3.05) is 43.4 Å². The van der Waals surface area contributed by atoms with Gasteiger partial charge in [0.1, 0.15) is 5.82 Å². The Hall–Kier alpha value is -2.56. The summed E-state index contributed by atoms with van der Waals surface area (Å²) in [5.41, 5.74) is 0.854. The number of aliphatic hydroxyl groups excluding tert-OH is 1. The molecule has 0 atom stereocenters. The van der Waals surface area contributed by atoms with Gasteiger partial charge >= 0.3 is 0 Å². The van der Waals surface area contributed by atoms with Crippen molar-refractivity contribution in [3.63, 3.8) is 0 Å². The molecule has 1 fully saturated rings. The summed E-state index contributed by atoms with van der Waals surface area (Å²) in [6, 6.07) is 10.6. The molecule has 0 saturated carbocycles. The molecular formula is C20H20FN3O4S2. The Bertz CT molecular complexity index is 1190. The summed E-state index contributed by atoms with van der Waals surface area (Å²) >= 11 is 1.40. The van der Waals surface area contributed by atoms with Crippen LogP contribution in [0.2, 0.25) is 0 Å². The summed E-state index contributed by atoms with van der Waals surface area (Å²) < 4.78 is 39.0. The lowest BCUT2D eigenvalue weighted by Gasteiger charge is -2.34. The van der Waals surface area contributed by atoms with Gasteiger partial charge in [-0.25, -0.2) is 17.8 Å². The Morgan fingerprint density at radius 1 is 1.13 bits per heavy atom. The zero-order chi connectivity index (χ0) is 21.3. The smallest absolute Gasteiger partial charge is 0.255 e. The molecule has 1 aliphatic heterocycles. The maximum Gasteiger partial charge on any atom is 0.255 e. The first-order chi connectivity index (χ1) is 14.4. The molecule has 1 aromatic heterocycles. The number of thiazole rings is 1. The summed E-state index contributed by atoms with van der Waals surface area (Å²) in [5.74, 6) is -1.08. The van der Waals surface area contributed by atoms with Crippen molar-refractivity contribution in [3.8, 4) is 0 Å². The molecule has 3 aromatic rings. The van der Waals surface area contributed by atoms with Gasteiger partial charge in [0, 0.05) is 26.2 Å². The second kappa shape index (κ2) is 8.29. The minimum Gasteiger partial charge on any atom is -0.395 e. The van der Waals surface area contributed by atoms with Crippen LogP contribution in [-0.2, 0) is 9.84 Å². The van der Waals surface area contributed by atoms with Gasteiger partial charge in [0.2, 0.25) is 0 Å². The second-order valence-corrected chi connectivity index (χ2v) is 10.0. The monoisotopic (exact) mass is 449 g/mol. The zero-order valence-electron chi connectivity index (χ0n) is 16.0. The first-order valence-corrected chi connectivity index (χ1v) is 11.9. The number of hydrogen-bond donors (Lipinski definition) is 1. The number of anilines is 1. The molecule has 0 radical (unpaired) electrons. The second-order valence-electron chi connectivity index (χ2n) is 6.93. The summed E-state index contributed by atoms with van der Waals surface area (Å²) in [4.78, 5) is 21.2. The molecule has 158 valence electrons. The number of aromatic nitrogens is 1. The number of carbonyl (C=O) groups excluding carboxylic acids is 1. The van der Waals surface area contributed by atoms with Gasteiger partial charge in [-0.2, -0.15) is 0 Å². The molecular weight excluding hydrogens is 429 g/mol. The standard InChI is InChI=1S/C20H20FN3O4S2/c21-14-5-6-16-17(13-14)29-20(22-16)24-9-7-23(8-10-24)19(26)15-3-1-2-4-18(15)30(27,28)12-11-25/h1-6,13,25H,7-12H2. The Morgan fingerprint density at radius 2 is 1.87 bits per heavy atom. The van der Waals surface area contributed by atoms with Crippen molar-refractivity contribution >= 4 is 42.4 Å². The number of hydrogen-bond acceptors (Lipinski definition) is 7. The van der Waals surface area contributed by atoms with Gasteiger partial charge < -0.3 is 14.9 Å². The van der Waals surface area contributed by atoms with Crippen molar-refractivity contribution in [2.24, 2.45) is 0 Å². The lowest BCUT2D eigenvalue weighted by atomic mass is 10.2. The number of carbonyl (C=O) groups is 1. The van der Waals surface area contributed by atoms with Crippen LogP contribution in [0.5, 0.6) is 0 Å². The Morgan fingerprint density at radius 3 is 2.60 bits per heavy atom. The van der Waals surface area contributed by atoms with Crippen LogP contribution >= 0.6 is 11.3 Å². The predicted octanol–water partition coefficient (Wildman–Crippen LogP) is 2.16. The SMILES string of the molecule is O=C(c1ccccc1S(=O)(=O)CCO)N1CCN(c2nc3ccc(F)cc3s2)CC1. The number of aliphatic hydroxyl groups is 1. The van der Waals surface area contributed by atoms with Crippen molar-refractivity contribution in [1.29, 1.82) is 0 Å². The highest BCUT2D eigenvalue weighted by atomic mass is 32.2. The fraction of sp³-hybridized carbons (Fsp3) is 0.300. The highest BCUT2D eigenvalue weighted by Gasteiger charge is 2.28. The minimum absolute atomic E-state index is 0.0559. The quantitative estimate of drug-likeness (QED) is 0.642. The lowest BCUT2D eigenvalue weighted by Crippen LogP contribution is -2.49. The van der Waals surface area contributed by atoms with Gasteiger partial charge in [-0.1, -0.05) is 23.5 Å². The third-order valence-electron chi connectivity index (χ3n) is 4.99. The predicted molar refractivity (Wildman–Crippen MR) is 113 cm³/mol. The molecule has 1 N–H and O–H groups in total. The highest BCUT2D eigenvalue weighted by Crippen LogP contribution is 2.30. The Kier molecular flexibility index (Phi) is 5.72. The van der Waals surface area contributed by atoms with E-state index in [9.17, 15) is 17.6 Å². The number of piperazine rings is 1. The molecule has 30 heavy (non-hydrogen) atoms. The van der Waals surface area contributed by atoms with Crippen molar-refractivity contribution in [1.82, 2.24) is 9.88 Å². The van der Waals surface area contributed by atoms with Crippen LogP contribution in [0.1, 0.15) is 10.4 Å². The van der Waals surface area contributed by atoms with Crippen LogP contribution < -0.4 is 4.90 Å². The molecule has 0 bridgehead atoms. The number of fused-ring (bicyclic) bond motifs is 1. The summed E-state index contributed by atoms with van der Waals surface area (Å²) in [6.07, 6.45) is 0. The number of halogens is 1. The topological polar surface area (TPSA) is 90.8 Å². The third-order valence-corrected chi connectivity index (χ3v) is 7.81. The summed E-state index contributed by atoms with van der Waals surface area (Å²) in [5, 5.41) is 9.81. The van der Waals surface area contributed by atoms with Gasteiger partial charge in [0.15, 0.2) is 15.0 Å². The largest absolute Gasteiger partial charge is 0.395 e. The number of amides is 1. The summed E-state index contributed by atoms with van der Waals surface area (Å²) in [7, 11) is -3.74. The third kappa shape index (κ3) is 4.03. The van der Waals surface area contributed by atoms with Crippen LogP contribution in [0.4, 0.5) is 9.52 Å². The van der Waals surface area contributed by atoms with Gasteiger partial charge in [0.25, 0.3) is 5.91 Å². The van der Waals surface area contributed by atoms with Crippen molar-refractivity contribution in [2.45, 2.75) is 4.90 Å². The molecule has 0 aliphatic carbocycles. The highest BCUT2D eigenvalue weighted by molar-refractivity contribution is 7.91. The van der Waals surface area contributed by atoms with E-state index in [0.717, 1.165) is 15.3 Å². The first-order valence-electron chi connectivity index (χ1n) is 9.42. The van der Waals surface area contributed by atoms with E-state index in [-0.39, 0.29) is 22.2 Å². The molecule has 1 amide bonds. The fourth-order valence-electron chi connectivity index (χ4n) is 3.44.